The highest BCUT2D eigenvalue weighted by Crippen LogP contribution is 2.11. The highest BCUT2D eigenvalue weighted by atomic mass is 16.6. The van der Waals surface area contributed by atoms with Gasteiger partial charge in [-0.1, -0.05) is 5.16 Å². The minimum absolute atomic E-state index is 0.0833. The van der Waals surface area contributed by atoms with Gasteiger partial charge < -0.3 is 18.4 Å². The lowest BCUT2D eigenvalue weighted by atomic mass is 10.4. The van der Waals surface area contributed by atoms with Crippen LogP contribution in [0.3, 0.4) is 0 Å². The van der Waals surface area contributed by atoms with Gasteiger partial charge in [0, 0.05) is 7.11 Å². The molecule has 0 saturated heterocycles. The van der Waals surface area contributed by atoms with Crippen LogP contribution in [0.2, 0.25) is 0 Å². The number of furan rings is 1. The second-order valence-corrected chi connectivity index (χ2v) is 3.51. The van der Waals surface area contributed by atoms with Crippen LogP contribution in [0.1, 0.15) is 28.0 Å². The van der Waals surface area contributed by atoms with E-state index in [0.29, 0.717) is 18.2 Å². The molecule has 0 atom stereocenters. The van der Waals surface area contributed by atoms with E-state index in [1.54, 1.807) is 20.1 Å². The Morgan fingerprint density at radius 3 is 2.89 bits per heavy atom. The van der Waals surface area contributed by atoms with Crippen LogP contribution in [-0.2, 0) is 22.7 Å². The molecule has 0 spiro atoms. The van der Waals surface area contributed by atoms with Crippen molar-refractivity contribution in [2.75, 3.05) is 7.11 Å². The number of aromatic nitrogens is 2. The van der Waals surface area contributed by atoms with Gasteiger partial charge in [0.05, 0.1) is 0 Å². The van der Waals surface area contributed by atoms with Gasteiger partial charge in [-0.3, -0.25) is 0 Å². The van der Waals surface area contributed by atoms with Gasteiger partial charge in [0.25, 0.3) is 5.89 Å². The molecule has 2 aromatic rings. The standard InChI is InChI=1S/C11H12N2O5/c1-7-12-10(18-13-7)6-16-11(14)9-4-3-8(17-9)5-15-2/h3-4H,5-6H2,1-2H3. The third-order valence-corrected chi connectivity index (χ3v) is 2.05. The Morgan fingerprint density at radius 1 is 1.39 bits per heavy atom. The van der Waals surface area contributed by atoms with Crippen molar-refractivity contribution >= 4 is 5.97 Å². The Labute approximate surface area is 103 Å². The molecule has 0 radical (unpaired) electrons. The lowest BCUT2D eigenvalue weighted by molar-refractivity contribution is 0.0387. The van der Waals surface area contributed by atoms with Crippen LogP contribution < -0.4 is 0 Å². The zero-order valence-corrected chi connectivity index (χ0v) is 10.0. The Balaban J connectivity index is 1.90. The van der Waals surface area contributed by atoms with Gasteiger partial charge in [0.2, 0.25) is 5.76 Å². The number of hydrogen-bond acceptors (Lipinski definition) is 7. The van der Waals surface area contributed by atoms with Crippen LogP contribution in [0.5, 0.6) is 0 Å². The minimum Gasteiger partial charge on any atom is -0.452 e. The van der Waals surface area contributed by atoms with Crippen molar-refractivity contribution in [2.45, 2.75) is 20.1 Å². The summed E-state index contributed by atoms with van der Waals surface area (Å²) in [6, 6.07) is 3.17. The smallest absolute Gasteiger partial charge is 0.374 e. The summed E-state index contributed by atoms with van der Waals surface area (Å²) in [6.45, 7) is 1.90. The van der Waals surface area contributed by atoms with Crippen molar-refractivity contribution < 1.29 is 23.2 Å². The van der Waals surface area contributed by atoms with Gasteiger partial charge in [0.15, 0.2) is 12.4 Å². The SMILES string of the molecule is COCc1ccc(C(=O)OCc2nc(C)no2)o1. The molecule has 0 amide bonds. The molecule has 0 bridgehead atoms. The van der Waals surface area contributed by atoms with E-state index in [1.807, 2.05) is 0 Å². The first-order valence-corrected chi connectivity index (χ1v) is 5.23. The Morgan fingerprint density at radius 2 is 2.22 bits per heavy atom. The number of esters is 1. The quantitative estimate of drug-likeness (QED) is 0.744. The van der Waals surface area contributed by atoms with Crippen LogP contribution >= 0.6 is 0 Å². The minimum atomic E-state index is -0.590. The third-order valence-electron chi connectivity index (χ3n) is 2.05. The van der Waals surface area contributed by atoms with E-state index in [0.717, 1.165) is 0 Å². The molecule has 0 N–H and O–H groups in total. The Hall–Kier alpha value is -2.15. The number of nitrogens with zero attached hydrogens (tertiary/aromatic N) is 2. The molecular formula is C11H12N2O5. The predicted molar refractivity (Wildman–Crippen MR) is 57.6 cm³/mol. The van der Waals surface area contributed by atoms with Gasteiger partial charge >= 0.3 is 5.97 Å². The van der Waals surface area contributed by atoms with Gasteiger partial charge in [-0.25, -0.2) is 4.79 Å². The summed E-state index contributed by atoms with van der Waals surface area (Å²) in [5, 5.41) is 3.58. The summed E-state index contributed by atoms with van der Waals surface area (Å²) in [4.78, 5) is 15.5. The first-order chi connectivity index (χ1) is 8.69. The van der Waals surface area contributed by atoms with Crippen LogP contribution in [0, 0.1) is 6.92 Å². The van der Waals surface area contributed by atoms with Crippen molar-refractivity contribution in [3.8, 4) is 0 Å². The highest BCUT2D eigenvalue weighted by molar-refractivity contribution is 5.86. The number of methoxy groups -OCH3 is 1. The molecule has 0 aromatic carbocycles. The van der Waals surface area contributed by atoms with Crippen LogP contribution in [-0.4, -0.2) is 23.2 Å². The topological polar surface area (TPSA) is 87.6 Å². The first-order valence-electron chi connectivity index (χ1n) is 5.23. The van der Waals surface area contributed by atoms with Crippen molar-refractivity contribution in [2.24, 2.45) is 0 Å². The monoisotopic (exact) mass is 252 g/mol. The summed E-state index contributed by atoms with van der Waals surface area (Å²) < 4.78 is 19.8. The van der Waals surface area contributed by atoms with E-state index in [-0.39, 0.29) is 18.3 Å². The van der Waals surface area contributed by atoms with Crippen LogP contribution in [0.15, 0.2) is 21.1 Å². The van der Waals surface area contributed by atoms with Gasteiger partial charge in [0.1, 0.15) is 12.4 Å². The molecule has 7 nitrogen and oxygen atoms in total. The molecular weight excluding hydrogens is 240 g/mol. The average molecular weight is 252 g/mol. The molecule has 2 aromatic heterocycles. The Kier molecular flexibility index (Phi) is 3.73. The summed E-state index contributed by atoms with van der Waals surface area (Å²) in [5.74, 6) is 0.801. The van der Waals surface area contributed by atoms with Gasteiger partial charge in [-0.05, 0) is 19.1 Å². The summed E-state index contributed by atoms with van der Waals surface area (Å²) in [5.41, 5.74) is 0. The average Bonchev–Trinajstić information content (AvgIpc) is 2.96. The van der Waals surface area contributed by atoms with E-state index in [2.05, 4.69) is 10.1 Å². The van der Waals surface area contributed by atoms with Crippen molar-refractivity contribution in [3.05, 3.63) is 35.4 Å². The maximum atomic E-state index is 11.6. The van der Waals surface area contributed by atoms with Crippen molar-refractivity contribution in [1.29, 1.82) is 0 Å². The molecule has 0 saturated carbocycles. The van der Waals surface area contributed by atoms with Crippen LogP contribution in [0.25, 0.3) is 0 Å². The second-order valence-electron chi connectivity index (χ2n) is 3.51. The van der Waals surface area contributed by atoms with E-state index in [4.69, 9.17) is 18.4 Å². The fourth-order valence-electron chi connectivity index (χ4n) is 1.30. The maximum Gasteiger partial charge on any atom is 0.374 e. The lowest BCUT2D eigenvalue weighted by Gasteiger charge is -1.98. The maximum absolute atomic E-state index is 11.6. The molecule has 0 aliphatic heterocycles. The van der Waals surface area contributed by atoms with E-state index in [9.17, 15) is 4.79 Å². The number of carbonyl (C=O) groups is 1. The molecule has 2 heterocycles. The number of rotatable bonds is 5. The van der Waals surface area contributed by atoms with Crippen molar-refractivity contribution in [1.82, 2.24) is 10.1 Å². The highest BCUT2D eigenvalue weighted by Gasteiger charge is 2.14. The predicted octanol–water partition coefficient (Wildman–Crippen LogP) is 1.47. The fourth-order valence-corrected chi connectivity index (χ4v) is 1.30. The number of hydrogen-bond donors (Lipinski definition) is 0. The summed E-state index contributed by atoms with van der Waals surface area (Å²) in [6.07, 6.45) is 0. The van der Waals surface area contributed by atoms with Crippen LogP contribution in [0.4, 0.5) is 0 Å². The number of carbonyl (C=O) groups excluding carboxylic acids is 1. The molecule has 0 unspecified atom stereocenters. The van der Waals surface area contributed by atoms with E-state index < -0.39 is 5.97 Å². The van der Waals surface area contributed by atoms with E-state index >= 15 is 0 Å². The van der Waals surface area contributed by atoms with Gasteiger partial charge in [-0.15, -0.1) is 0 Å². The van der Waals surface area contributed by atoms with Gasteiger partial charge in [-0.2, -0.15) is 4.98 Å². The lowest BCUT2D eigenvalue weighted by Crippen LogP contribution is -2.04. The number of aryl methyl sites for hydroxylation is 1. The zero-order chi connectivity index (χ0) is 13.0. The van der Waals surface area contributed by atoms with E-state index in [1.165, 1.54) is 6.07 Å². The zero-order valence-electron chi connectivity index (χ0n) is 10.0. The third kappa shape index (κ3) is 2.95. The molecule has 0 fully saturated rings. The molecule has 18 heavy (non-hydrogen) atoms. The molecule has 2 rings (SSSR count). The molecule has 96 valence electrons. The molecule has 0 aliphatic carbocycles. The summed E-state index contributed by atoms with van der Waals surface area (Å²) in [7, 11) is 1.54. The normalized spacial score (nSPS) is 10.6. The second kappa shape index (κ2) is 5.46. The molecule has 7 heteroatoms. The van der Waals surface area contributed by atoms with Crippen molar-refractivity contribution in [3.63, 3.8) is 0 Å². The Bertz CT molecular complexity index is 531. The molecule has 0 aliphatic rings. The summed E-state index contributed by atoms with van der Waals surface area (Å²) >= 11 is 0. The number of ether oxygens (including phenoxy) is 2. The largest absolute Gasteiger partial charge is 0.452 e. The fraction of sp³-hybridized carbons (Fsp3) is 0.364. The first kappa shape index (κ1) is 12.3.